The first-order valence-corrected chi connectivity index (χ1v) is 5.32. The first-order valence-electron chi connectivity index (χ1n) is 5.32. The van der Waals surface area contributed by atoms with Gasteiger partial charge in [0.05, 0.1) is 0 Å². The minimum absolute atomic E-state index is 0. The van der Waals surface area contributed by atoms with Gasteiger partial charge in [0.2, 0.25) is 0 Å². The summed E-state index contributed by atoms with van der Waals surface area (Å²) in [5.74, 6) is 0.919. The Balaban J connectivity index is 0.00000144. The molecule has 1 nitrogen and oxygen atoms in total. The van der Waals surface area contributed by atoms with Crippen molar-refractivity contribution < 1.29 is 0 Å². The molecule has 1 aliphatic rings. The molecule has 1 fully saturated rings. The van der Waals surface area contributed by atoms with Gasteiger partial charge in [-0.15, -0.1) is 12.4 Å². The van der Waals surface area contributed by atoms with Gasteiger partial charge in [0.25, 0.3) is 0 Å². The van der Waals surface area contributed by atoms with E-state index in [1.165, 1.54) is 32.1 Å². The summed E-state index contributed by atoms with van der Waals surface area (Å²) in [7, 11) is 0. The van der Waals surface area contributed by atoms with Crippen molar-refractivity contribution in [2.75, 3.05) is 0 Å². The number of hydrogen-bond acceptors (Lipinski definition) is 1. The number of nitrogens with two attached hydrogens (primary N) is 1. The van der Waals surface area contributed by atoms with Crippen LogP contribution in [0.1, 0.15) is 52.9 Å². The van der Waals surface area contributed by atoms with Crippen LogP contribution >= 0.6 is 12.4 Å². The van der Waals surface area contributed by atoms with Gasteiger partial charge in [-0.3, -0.25) is 0 Å². The van der Waals surface area contributed by atoms with E-state index in [1.807, 2.05) is 0 Å². The maximum absolute atomic E-state index is 5.88. The van der Waals surface area contributed by atoms with Crippen LogP contribution in [0.5, 0.6) is 0 Å². The molecule has 0 aromatic carbocycles. The first-order chi connectivity index (χ1) is 5.56. The summed E-state index contributed by atoms with van der Waals surface area (Å²) in [6, 6.07) is 0.494. The van der Waals surface area contributed by atoms with Crippen molar-refractivity contribution in [3.05, 3.63) is 0 Å². The van der Waals surface area contributed by atoms with Gasteiger partial charge in [-0.2, -0.15) is 0 Å². The Kier molecular flexibility index (Phi) is 5.31. The maximum atomic E-state index is 5.88. The molecular formula is C11H24ClN. The lowest BCUT2D eigenvalue weighted by atomic mass is 9.69. The molecule has 0 heterocycles. The quantitative estimate of drug-likeness (QED) is 0.735. The van der Waals surface area contributed by atoms with Gasteiger partial charge in [-0.1, -0.05) is 27.2 Å². The van der Waals surface area contributed by atoms with E-state index in [0.717, 1.165) is 5.92 Å². The van der Waals surface area contributed by atoms with Crippen LogP contribution in [-0.2, 0) is 0 Å². The van der Waals surface area contributed by atoms with Crippen LogP contribution in [0.3, 0.4) is 0 Å². The predicted molar refractivity (Wildman–Crippen MR) is 61.3 cm³/mol. The molecule has 0 unspecified atom stereocenters. The lowest BCUT2D eigenvalue weighted by Crippen LogP contribution is -2.33. The SMILES string of the molecule is CCC(C)(C)[C@H]1CC[C@H](N)CC1.Cl. The Labute approximate surface area is 88.9 Å². The fourth-order valence-corrected chi connectivity index (χ4v) is 2.19. The highest BCUT2D eigenvalue weighted by atomic mass is 35.5. The molecule has 0 radical (unpaired) electrons. The highest BCUT2D eigenvalue weighted by molar-refractivity contribution is 5.85. The maximum Gasteiger partial charge on any atom is 0.00390 e. The molecule has 0 aromatic heterocycles. The van der Waals surface area contributed by atoms with Crippen LogP contribution < -0.4 is 5.73 Å². The van der Waals surface area contributed by atoms with Crippen LogP contribution in [0.25, 0.3) is 0 Å². The van der Waals surface area contributed by atoms with E-state index in [-0.39, 0.29) is 12.4 Å². The molecule has 1 aliphatic carbocycles. The van der Waals surface area contributed by atoms with Crippen molar-refractivity contribution in [2.24, 2.45) is 17.1 Å². The summed E-state index contributed by atoms with van der Waals surface area (Å²) in [6.07, 6.45) is 6.49. The fraction of sp³-hybridized carbons (Fsp3) is 1.00. The van der Waals surface area contributed by atoms with Crippen molar-refractivity contribution >= 4 is 12.4 Å². The highest BCUT2D eigenvalue weighted by Gasteiger charge is 2.30. The Morgan fingerprint density at radius 1 is 1.15 bits per heavy atom. The van der Waals surface area contributed by atoms with Crippen molar-refractivity contribution in [1.29, 1.82) is 0 Å². The van der Waals surface area contributed by atoms with Crippen LogP contribution in [0.2, 0.25) is 0 Å². The Hall–Kier alpha value is 0.250. The molecule has 13 heavy (non-hydrogen) atoms. The third kappa shape index (κ3) is 3.47. The largest absolute Gasteiger partial charge is 0.328 e. The van der Waals surface area contributed by atoms with Gasteiger partial charge in [0.1, 0.15) is 0 Å². The van der Waals surface area contributed by atoms with Crippen LogP contribution in [-0.4, -0.2) is 6.04 Å². The average molecular weight is 206 g/mol. The van der Waals surface area contributed by atoms with Gasteiger partial charge in [-0.25, -0.2) is 0 Å². The van der Waals surface area contributed by atoms with Crippen molar-refractivity contribution in [1.82, 2.24) is 0 Å². The lowest BCUT2D eigenvalue weighted by Gasteiger charge is -2.38. The molecule has 0 atom stereocenters. The molecule has 80 valence electrons. The van der Waals surface area contributed by atoms with Crippen LogP contribution in [0.4, 0.5) is 0 Å². The molecule has 0 saturated heterocycles. The third-order valence-corrected chi connectivity index (χ3v) is 3.79. The topological polar surface area (TPSA) is 26.0 Å². The monoisotopic (exact) mass is 205 g/mol. The van der Waals surface area contributed by atoms with Crippen molar-refractivity contribution in [3.8, 4) is 0 Å². The molecule has 0 aromatic rings. The summed E-state index contributed by atoms with van der Waals surface area (Å²) in [5, 5.41) is 0. The van der Waals surface area contributed by atoms with Crippen LogP contribution in [0.15, 0.2) is 0 Å². The summed E-state index contributed by atoms with van der Waals surface area (Å²) in [5.41, 5.74) is 6.42. The first kappa shape index (κ1) is 13.2. The molecular weight excluding hydrogens is 182 g/mol. The van der Waals surface area contributed by atoms with Crippen molar-refractivity contribution in [2.45, 2.75) is 58.9 Å². The van der Waals surface area contributed by atoms with Crippen LogP contribution in [0, 0.1) is 11.3 Å². The van der Waals surface area contributed by atoms with Crippen molar-refractivity contribution in [3.63, 3.8) is 0 Å². The molecule has 0 aliphatic heterocycles. The second-order valence-electron chi connectivity index (χ2n) is 4.95. The van der Waals surface area contributed by atoms with Gasteiger partial charge in [0.15, 0.2) is 0 Å². The minimum Gasteiger partial charge on any atom is -0.328 e. The molecule has 0 spiro atoms. The molecule has 2 N–H and O–H groups in total. The fourth-order valence-electron chi connectivity index (χ4n) is 2.19. The van der Waals surface area contributed by atoms with E-state index >= 15 is 0 Å². The molecule has 0 amide bonds. The smallest absolute Gasteiger partial charge is 0.00390 e. The summed E-state index contributed by atoms with van der Waals surface area (Å²) >= 11 is 0. The third-order valence-electron chi connectivity index (χ3n) is 3.79. The molecule has 1 saturated carbocycles. The standard InChI is InChI=1S/C11H23N.ClH/c1-4-11(2,3)9-5-7-10(12)8-6-9;/h9-10H,4-8,12H2,1-3H3;1H/t9-,10-;. The van der Waals surface area contributed by atoms with Gasteiger partial charge >= 0.3 is 0 Å². The van der Waals surface area contributed by atoms with E-state index in [2.05, 4.69) is 20.8 Å². The normalized spacial score (nSPS) is 29.5. The second kappa shape index (κ2) is 5.21. The summed E-state index contributed by atoms with van der Waals surface area (Å²) < 4.78 is 0. The van der Waals surface area contributed by atoms with E-state index < -0.39 is 0 Å². The zero-order chi connectivity index (χ0) is 9.19. The Morgan fingerprint density at radius 3 is 2.00 bits per heavy atom. The summed E-state index contributed by atoms with van der Waals surface area (Å²) in [4.78, 5) is 0. The zero-order valence-electron chi connectivity index (χ0n) is 9.18. The van der Waals surface area contributed by atoms with E-state index in [4.69, 9.17) is 5.73 Å². The summed E-state index contributed by atoms with van der Waals surface area (Å²) in [6.45, 7) is 7.09. The highest BCUT2D eigenvalue weighted by Crippen LogP contribution is 2.39. The van der Waals surface area contributed by atoms with E-state index in [9.17, 15) is 0 Å². The van der Waals surface area contributed by atoms with E-state index in [0.29, 0.717) is 11.5 Å². The zero-order valence-corrected chi connectivity index (χ0v) is 9.99. The van der Waals surface area contributed by atoms with Gasteiger partial charge in [-0.05, 0) is 37.0 Å². The number of halogens is 1. The minimum atomic E-state index is 0. The Bertz CT molecular complexity index is 137. The van der Waals surface area contributed by atoms with Gasteiger partial charge < -0.3 is 5.73 Å². The molecule has 0 bridgehead atoms. The number of rotatable bonds is 2. The second-order valence-corrected chi connectivity index (χ2v) is 4.95. The molecule has 2 heteroatoms. The lowest BCUT2D eigenvalue weighted by molar-refractivity contribution is 0.145. The van der Waals surface area contributed by atoms with Gasteiger partial charge in [0, 0.05) is 6.04 Å². The average Bonchev–Trinajstić information content (AvgIpc) is 2.05. The Morgan fingerprint density at radius 2 is 1.62 bits per heavy atom. The number of hydrogen-bond donors (Lipinski definition) is 1. The van der Waals surface area contributed by atoms with E-state index in [1.54, 1.807) is 0 Å². The molecule has 1 rings (SSSR count). The predicted octanol–water partition coefficient (Wildman–Crippen LogP) is 3.36.